The molecule has 236 valence electrons. The largest absolute Gasteiger partial charge is 0.477 e. The van der Waals surface area contributed by atoms with Crippen LogP contribution in [0.15, 0.2) is 51.2 Å². The van der Waals surface area contributed by atoms with Crippen LogP contribution in [0.5, 0.6) is 0 Å². The summed E-state index contributed by atoms with van der Waals surface area (Å²) in [7, 11) is 0. The molecule has 6 heterocycles. The molecule has 6 N–H and O–H groups in total. The topological polar surface area (TPSA) is 260 Å². The molecule has 4 aromatic rings. The zero-order valence-electron chi connectivity index (χ0n) is 23.2. The Balaban J connectivity index is 1.20. The van der Waals surface area contributed by atoms with Crippen LogP contribution in [-0.4, -0.2) is 103 Å². The number of H-pyrrole nitrogens is 1. The van der Waals surface area contributed by atoms with Crippen LogP contribution in [0.2, 0.25) is 0 Å². The van der Waals surface area contributed by atoms with Crippen LogP contribution in [0.1, 0.15) is 32.5 Å². The number of β-lactam (4-membered cyclic amide) rings is 1. The van der Waals surface area contributed by atoms with Gasteiger partial charge in [0.25, 0.3) is 23.4 Å². The van der Waals surface area contributed by atoms with Crippen molar-refractivity contribution in [2.45, 2.75) is 23.4 Å². The van der Waals surface area contributed by atoms with Crippen LogP contribution < -0.4 is 11.1 Å². The third kappa shape index (κ3) is 5.77. The molecule has 1 saturated heterocycles. The minimum absolute atomic E-state index is 0.00737. The zero-order valence-corrected chi connectivity index (χ0v) is 25.7. The van der Waals surface area contributed by atoms with Crippen molar-refractivity contribution in [1.82, 2.24) is 39.8 Å². The molecule has 0 spiro atoms. The van der Waals surface area contributed by atoms with E-state index in [9.17, 15) is 34.2 Å². The molecule has 46 heavy (non-hydrogen) atoms. The maximum absolute atomic E-state index is 13.3. The summed E-state index contributed by atoms with van der Waals surface area (Å²) in [4.78, 5) is 83.4. The number of aromatic nitrogens is 6. The van der Waals surface area contributed by atoms with Gasteiger partial charge in [-0.1, -0.05) is 5.16 Å². The number of nitrogens with two attached hydrogens (primary N) is 1. The number of hydrogen-bond acceptors (Lipinski definition) is 15. The number of nitrogens with one attached hydrogen (secondary N) is 2. The molecule has 6 rings (SSSR count). The number of rotatable bonds is 10. The van der Waals surface area contributed by atoms with Crippen LogP contribution in [0, 0.1) is 6.92 Å². The maximum atomic E-state index is 13.3. The number of fused-ring (bicyclic) bond motifs is 2. The molecule has 1 fully saturated rings. The lowest BCUT2D eigenvalue weighted by atomic mass is 10.0. The lowest BCUT2D eigenvalue weighted by Gasteiger charge is -2.49. The van der Waals surface area contributed by atoms with Crippen molar-refractivity contribution in [1.29, 1.82) is 0 Å². The van der Waals surface area contributed by atoms with Gasteiger partial charge in [-0.05, 0) is 30.7 Å². The summed E-state index contributed by atoms with van der Waals surface area (Å²) < 4.78 is 1.26. The summed E-state index contributed by atoms with van der Waals surface area (Å²) in [6.45, 7) is 1.70. The molecule has 0 aromatic carbocycles. The molecule has 0 unspecified atom stereocenters. The van der Waals surface area contributed by atoms with Gasteiger partial charge < -0.3 is 31.1 Å². The lowest BCUT2D eigenvalue weighted by Crippen LogP contribution is -2.71. The highest BCUT2D eigenvalue weighted by molar-refractivity contribution is 8.01. The summed E-state index contributed by atoms with van der Waals surface area (Å²) in [5.41, 5.74) is 6.14. The number of nitrogen functional groups attached to an aromatic ring is 1. The number of carboxylic acid groups (broad SMARTS) is 2. The van der Waals surface area contributed by atoms with Gasteiger partial charge in [0.05, 0.1) is 0 Å². The number of aliphatic carboxylic acids is 1. The number of carbonyl (C=O) groups is 5. The molecule has 18 nitrogen and oxygen atoms in total. The van der Waals surface area contributed by atoms with Crippen molar-refractivity contribution >= 4 is 81.2 Å². The van der Waals surface area contributed by atoms with Crippen LogP contribution >= 0.6 is 34.9 Å². The summed E-state index contributed by atoms with van der Waals surface area (Å²) in [6, 6.07) is 3.56. The summed E-state index contributed by atoms with van der Waals surface area (Å²) in [5.74, 6) is -5.13. The molecule has 4 aromatic heterocycles. The molecule has 2 aliphatic heterocycles. The SMILES string of the molecule is Cc1cc(SCC2=C(C(=O)O)N3C(=O)[C@@H](NC(=O)C(=NOC(=O)c4ccc[nH]4)c4csc(N)n4)[C@H]3SC2)n2nc(C(=O)O)nc2n1. The van der Waals surface area contributed by atoms with E-state index in [0.717, 1.165) is 16.2 Å². The molecule has 2 aliphatic rings. The van der Waals surface area contributed by atoms with Gasteiger partial charge in [0.2, 0.25) is 0 Å². The zero-order chi connectivity index (χ0) is 32.7. The number of carboxylic acids is 2. The van der Waals surface area contributed by atoms with E-state index in [1.807, 2.05) is 0 Å². The first-order chi connectivity index (χ1) is 22.0. The predicted molar refractivity (Wildman–Crippen MR) is 162 cm³/mol. The van der Waals surface area contributed by atoms with Gasteiger partial charge in [0.1, 0.15) is 33.5 Å². The van der Waals surface area contributed by atoms with Crippen molar-refractivity contribution in [3.8, 4) is 0 Å². The van der Waals surface area contributed by atoms with Crippen LogP contribution in [-0.2, 0) is 19.2 Å². The number of thioether (sulfide) groups is 2. The lowest BCUT2D eigenvalue weighted by molar-refractivity contribution is -0.150. The Morgan fingerprint density at radius 2 is 2.04 bits per heavy atom. The second kappa shape index (κ2) is 12.3. The van der Waals surface area contributed by atoms with Gasteiger partial charge in [-0.3, -0.25) is 14.5 Å². The fraction of sp³-hybridized carbons (Fsp3) is 0.200. The van der Waals surface area contributed by atoms with Crippen LogP contribution in [0.4, 0.5) is 5.13 Å². The Hall–Kier alpha value is -5.28. The molecule has 0 radical (unpaired) electrons. The van der Waals surface area contributed by atoms with E-state index in [1.54, 1.807) is 19.1 Å². The summed E-state index contributed by atoms with van der Waals surface area (Å²) in [6.07, 6.45) is 1.50. The number of amides is 2. The van der Waals surface area contributed by atoms with Crippen molar-refractivity contribution in [2.24, 2.45) is 5.16 Å². The Morgan fingerprint density at radius 3 is 2.72 bits per heavy atom. The summed E-state index contributed by atoms with van der Waals surface area (Å²) >= 11 is 3.44. The second-order valence-corrected chi connectivity index (χ2v) is 12.6. The Labute approximate surface area is 269 Å². The number of aromatic carboxylic acids is 1. The molecule has 0 aliphatic carbocycles. The smallest absolute Gasteiger partial charge is 0.381 e. The van der Waals surface area contributed by atoms with Gasteiger partial charge in [-0.2, -0.15) is 9.50 Å². The first-order valence-corrected chi connectivity index (χ1v) is 15.9. The van der Waals surface area contributed by atoms with Gasteiger partial charge in [-0.15, -0.1) is 40.0 Å². The predicted octanol–water partition coefficient (Wildman–Crippen LogP) is 0.590. The fourth-order valence-corrected chi connectivity index (χ4v) is 7.59. The van der Waals surface area contributed by atoms with Gasteiger partial charge >= 0.3 is 17.9 Å². The minimum atomic E-state index is -1.33. The third-order valence-electron chi connectivity index (χ3n) is 6.55. The quantitative estimate of drug-likeness (QED) is 0.0382. The maximum Gasteiger partial charge on any atom is 0.381 e. The molecule has 2 amide bonds. The Morgan fingerprint density at radius 1 is 1.24 bits per heavy atom. The van der Waals surface area contributed by atoms with E-state index >= 15 is 0 Å². The average molecular weight is 685 g/mol. The highest BCUT2D eigenvalue weighted by Gasteiger charge is 2.54. The van der Waals surface area contributed by atoms with E-state index in [1.165, 1.54) is 45.7 Å². The molecule has 0 saturated carbocycles. The van der Waals surface area contributed by atoms with E-state index in [4.69, 9.17) is 10.6 Å². The highest BCUT2D eigenvalue weighted by atomic mass is 32.2. The summed E-state index contributed by atoms with van der Waals surface area (Å²) in [5, 5.41) is 30.8. The second-order valence-electron chi connectivity index (χ2n) is 9.57. The van der Waals surface area contributed by atoms with Crippen LogP contribution in [0.3, 0.4) is 0 Å². The molecule has 2 atom stereocenters. The van der Waals surface area contributed by atoms with Gasteiger partial charge in [-0.25, -0.2) is 24.4 Å². The number of oxime groups is 1. The van der Waals surface area contributed by atoms with Crippen LogP contribution in [0.25, 0.3) is 5.78 Å². The van der Waals surface area contributed by atoms with Crippen molar-refractivity contribution in [3.63, 3.8) is 0 Å². The number of carbonyl (C=O) groups excluding carboxylic acids is 3. The van der Waals surface area contributed by atoms with Gasteiger partial charge in [0.15, 0.2) is 10.8 Å². The number of aromatic amines is 1. The van der Waals surface area contributed by atoms with E-state index in [0.29, 0.717) is 16.3 Å². The Bertz CT molecular complexity index is 1990. The number of nitrogens with zero attached hydrogens (tertiary/aromatic N) is 7. The standard InChI is InChI=1S/C25H20N10O8S3/c1-9-5-13(35-25(28-9)31-17(32-35)22(40)41)44-6-10-7-45-20-15(19(37)34(20)16(10)21(38)39)30-18(36)14(12-8-46-24(26)29-12)33-43-23(42)11-3-2-4-27-11/h2-5,8,15,20,27H,6-7H2,1H3,(H2,26,29)(H,30,36)(H,38,39)(H,40,41)/t15-,20-/m1/s1. The molecule has 0 bridgehead atoms. The first-order valence-electron chi connectivity index (χ1n) is 13.0. The minimum Gasteiger partial charge on any atom is -0.477 e. The average Bonchev–Trinajstić information content (AvgIpc) is 3.79. The third-order valence-corrected chi connectivity index (χ3v) is 9.64. The Kier molecular flexibility index (Phi) is 8.19. The number of aryl methyl sites for hydroxylation is 1. The molecule has 21 heteroatoms. The number of hydrogen-bond donors (Lipinski definition) is 5. The normalized spacial score (nSPS) is 17.9. The van der Waals surface area contributed by atoms with E-state index in [2.05, 4.69) is 35.5 Å². The first kappa shape index (κ1) is 30.7. The molecular formula is C25H20N10O8S3. The van der Waals surface area contributed by atoms with E-state index in [-0.39, 0.29) is 39.5 Å². The van der Waals surface area contributed by atoms with Crippen molar-refractivity contribution < 1.29 is 39.0 Å². The van der Waals surface area contributed by atoms with Crippen molar-refractivity contribution in [2.75, 3.05) is 17.2 Å². The van der Waals surface area contributed by atoms with Crippen molar-refractivity contribution in [3.05, 3.63) is 64.0 Å². The van der Waals surface area contributed by atoms with E-state index < -0.39 is 52.7 Å². The number of anilines is 1. The monoisotopic (exact) mass is 684 g/mol. The highest BCUT2D eigenvalue weighted by Crippen LogP contribution is 2.41. The number of thiazole rings is 1. The van der Waals surface area contributed by atoms with Gasteiger partial charge in [0, 0.05) is 28.8 Å². The molecular weight excluding hydrogens is 665 g/mol. The fourth-order valence-electron chi connectivity index (χ4n) is 4.51.